The van der Waals surface area contributed by atoms with Crippen molar-refractivity contribution in [2.24, 2.45) is 7.05 Å². The molecule has 0 unspecified atom stereocenters. The Morgan fingerprint density at radius 2 is 1.95 bits per heavy atom. The Balaban J connectivity index is 1.93. The molecule has 6 heteroatoms. The molecule has 1 amide bonds. The molecule has 3 heterocycles. The van der Waals surface area contributed by atoms with Crippen molar-refractivity contribution < 1.29 is 4.79 Å². The number of hydrogen-bond acceptors (Lipinski definition) is 4. The summed E-state index contributed by atoms with van der Waals surface area (Å²) in [6.45, 7) is 0. The number of aromatic nitrogens is 4. The maximum absolute atomic E-state index is 12.6. The Labute approximate surface area is 128 Å². The van der Waals surface area contributed by atoms with Crippen LogP contribution in [0.3, 0.4) is 0 Å². The predicted octanol–water partition coefficient (Wildman–Crippen LogP) is 2.15. The van der Waals surface area contributed by atoms with Gasteiger partial charge in [0.05, 0.1) is 18.1 Å². The molecule has 0 aromatic carbocycles. The molecule has 0 saturated carbocycles. The smallest absolute Gasteiger partial charge is 0.276 e. The fraction of sp³-hybridized carbons (Fsp3) is 0.125. The third kappa shape index (κ3) is 2.46. The number of nitrogens with zero attached hydrogens (tertiary/aromatic N) is 5. The summed E-state index contributed by atoms with van der Waals surface area (Å²) in [4.78, 5) is 26.8. The van der Waals surface area contributed by atoms with E-state index in [-0.39, 0.29) is 5.91 Å². The molecule has 0 aliphatic heterocycles. The highest BCUT2D eigenvalue weighted by atomic mass is 16.2. The molecule has 22 heavy (non-hydrogen) atoms. The quantitative estimate of drug-likeness (QED) is 0.742. The lowest BCUT2D eigenvalue weighted by molar-refractivity contribution is 0.0985. The highest BCUT2D eigenvalue weighted by Crippen LogP contribution is 2.18. The van der Waals surface area contributed by atoms with Gasteiger partial charge in [-0.15, -0.1) is 0 Å². The van der Waals surface area contributed by atoms with Crippen molar-refractivity contribution in [3.63, 3.8) is 0 Å². The molecule has 0 bridgehead atoms. The first-order valence-electron chi connectivity index (χ1n) is 6.79. The number of pyridine rings is 2. The second-order valence-corrected chi connectivity index (χ2v) is 4.82. The third-order valence-corrected chi connectivity index (χ3v) is 3.44. The molecular formula is C16H15N5O. The Bertz CT molecular complexity index is 783. The summed E-state index contributed by atoms with van der Waals surface area (Å²) in [5.41, 5.74) is 1.95. The van der Waals surface area contributed by atoms with Gasteiger partial charge in [-0.05, 0) is 24.3 Å². The first-order chi connectivity index (χ1) is 10.7. The van der Waals surface area contributed by atoms with E-state index in [0.29, 0.717) is 11.5 Å². The van der Waals surface area contributed by atoms with Gasteiger partial charge in [0.1, 0.15) is 11.4 Å². The number of rotatable bonds is 3. The van der Waals surface area contributed by atoms with Gasteiger partial charge in [0.15, 0.2) is 5.82 Å². The Morgan fingerprint density at radius 1 is 1.09 bits per heavy atom. The molecule has 0 spiro atoms. The normalized spacial score (nSPS) is 10.5. The first-order valence-corrected chi connectivity index (χ1v) is 6.79. The average molecular weight is 293 g/mol. The monoisotopic (exact) mass is 293 g/mol. The molecule has 3 aromatic heterocycles. The number of hydrogen-bond donors (Lipinski definition) is 0. The van der Waals surface area contributed by atoms with Crippen LogP contribution in [0.1, 0.15) is 10.5 Å². The van der Waals surface area contributed by atoms with Crippen LogP contribution in [0.15, 0.2) is 55.1 Å². The van der Waals surface area contributed by atoms with Crippen LogP contribution in [0, 0.1) is 0 Å². The lowest BCUT2D eigenvalue weighted by Crippen LogP contribution is -2.28. The topological polar surface area (TPSA) is 63.9 Å². The molecule has 110 valence electrons. The van der Waals surface area contributed by atoms with Gasteiger partial charge in [-0.1, -0.05) is 6.07 Å². The minimum Gasteiger partial charge on any atom is -0.322 e. The van der Waals surface area contributed by atoms with E-state index in [9.17, 15) is 4.79 Å². The van der Waals surface area contributed by atoms with Crippen LogP contribution in [0.25, 0.3) is 11.5 Å². The minimum atomic E-state index is -0.148. The standard InChI is InChI=1S/C16H15N5O/c1-20(12-6-5-8-17-10-12)16(22)14-11-19-15(21(14)2)13-7-3-4-9-18-13/h3-11H,1-2H3. The fourth-order valence-electron chi connectivity index (χ4n) is 2.18. The van der Waals surface area contributed by atoms with Gasteiger partial charge in [-0.2, -0.15) is 0 Å². The van der Waals surface area contributed by atoms with E-state index in [2.05, 4.69) is 15.0 Å². The Kier molecular flexibility index (Phi) is 3.65. The second-order valence-electron chi connectivity index (χ2n) is 4.82. The number of anilines is 1. The van der Waals surface area contributed by atoms with Crippen molar-refractivity contribution in [3.8, 4) is 11.5 Å². The van der Waals surface area contributed by atoms with Gasteiger partial charge < -0.3 is 9.47 Å². The van der Waals surface area contributed by atoms with Crippen LogP contribution in [0.2, 0.25) is 0 Å². The molecule has 0 fully saturated rings. The highest BCUT2D eigenvalue weighted by Gasteiger charge is 2.20. The van der Waals surface area contributed by atoms with Crippen LogP contribution in [0.5, 0.6) is 0 Å². The zero-order valence-electron chi connectivity index (χ0n) is 12.3. The molecule has 3 rings (SSSR count). The van der Waals surface area contributed by atoms with E-state index < -0.39 is 0 Å². The van der Waals surface area contributed by atoms with E-state index in [0.717, 1.165) is 11.4 Å². The lowest BCUT2D eigenvalue weighted by Gasteiger charge is -2.17. The SMILES string of the molecule is CN(C(=O)c1cnc(-c2ccccn2)n1C)c1cccnc1. The van der Waals surface area contributed by atoms with Gasteiger partial charge in [0, 0.05) is 26.5 Å². The van der Waals surface area contributed by atoms with Gasteiger partial charge >= 0.3 is 0 Å². The van der Waals surface area contributed by atoms with Gasteiger partial charge in [-0.3, -0.25) is 14.8 Å². The Morgan fingerprint density at radius 3 is 2.64 bits per heavy atom. The molecule has 0 atom stereocenters. The third-order valence-electron chi connectivity index (χ3n) is 3.44. The molecule has 0 saturated heterocycles. The van der Waals surface area contributed by atoms with Crippen molar-refractivity contribution in [1.82, 2.24) is 19.5 Å². The summed E-state index contributed by atoms with van der Waals surface area (Å²) in [6.07, 6.45) is 6.59. The summed E-state index contributed by atoms with van der Waals surface area (Å²) >= 11 is 0. The molecular weight excluding hydrogens is 278 g/mol. The summed E-state index contributed by atoms with van der Waals surface area (Å²) in [5.74, 6) is 0.508. The van der Waals surface area contributed by atoms with Gasteiger partial charge in [-0.25, -0.2) is 4.98 Å². The summed E-state index contributed by atoms with van der Waals surface area (Å²) in [6, 6.07) is 9.22. The first kappa shape index (κ1) is 13.9. The van der Waals surface area contributed by atoms with Gasteiger partial charge in [0.2, 0.25) is 0 Å². The van der Waals surface area contributed by atoms with Crippen LogP contribution < -0.4 is 4.90 Å². The maximum atomic E-state index is 12.6. The van der Waals surface area contributed by atoms with Crippen LogP contribution in [0.4, 0.5) is 5.69 Å². The zero-order chi connectivity index (χ0) is 15.5. The van der Waals surface area contributed by atoms with E-state index >= 15 is 0 Å². The lowest BCUT2D eigenvalue weighted by atomic mass is 10.3. The van der Waals surface area contributed by atoms with Crippen molar-refractivity contribution in [2.45, 2.75) is 0 Å². The molecule has 3 aromatic rings. The van der Waals surface area contributed by atoms with Crippen molar-refractivity contribution in [3.05, 3.63) is 60.8 Å². The molecule has 0 aliphatic carbocycles. The fourth-order valence-corrected chi connectivity index (χ4v) is 2.18. The summed E-state index contributed by atoms with van der Waals surface area (Å²) in [7, 11) is 3.52. The van der Waals surface area contributed by atoms with Crippen molar-refractivity contribution in [2.75, 3.05) is 11.9 Å². The van der Waals surface area contributed by atoms with E-state index in [1.165, 1.54) is 0 Å². The van der Waals surface area contributed by atoms with Crippen LogP contribution in [-0.4, -0.2) is 32.5 Å². The largest absolute Gasteiger partial charge is 0.322 e. The number of carbonyl (C=O) groups is 1. The summed E-state index contributed by atoms with van der Waals surface area (Å²) in [5, 5.41) is 0. The second kappa shape index (κ2) is 5.77. The van der Waals surface area contributed by atoms with E-state index in [1.807, 2.05) is 24.3 Å². The zero-order valence-corrected chi connectivity index (χ0v) is 12.3. The number of carbonyl (C=O) groups excluding carboxylic acids is 1. The molecule has 6 nitrogen and oxygen atoms in total. The Hall–Kier alpha value is -3.02. The van der Waals surface area contributed by atoms with E-state index in [1.54, 1.807) is 54.4 Å². The molecule has 0 radical (unpaired) electrons. The summed E-state index contributed by atoms with van der Waals surface area (Å²) < 4.78 is 1.75. The predicted molar refractivity (Wildman–Crippen MR) is 83.4 cm³/mol. The molecule has 0 N–H and O–H groups in total. The number of imidazole rings is 1. The van der Waals surface area contributed by atoms with Crippen LogP contribution in [-0.2, 0) is 7.05 Å². The van der Waals surface area contributed by atoms with E-state index in [4.69, 9.17) is 0 Å². The van der Waals surface area contributed by atoms with Crippen LogP contribution >= 0.6 is 0 Å². The maximum Gasteiger partial charge on any atom is 0.276 e. The van der Waals surface area contributed by atoms with Gasteiger partial charge in [0.25, 0.3) is 5.91 Å². The highest BCUT2D eigenvalue weighted by molar-refractivity contribution is 6.04. The number of amides is 1. The van der Waals surface area contributed by atoms with Crippen molar-refractivity contribution >= 4 is 11.6 Å². The van der Waals surface area contributed by atoms with Crippen molar-refractivity contribution in [1.29, 1.82) is 0 Å². The average Bonchev–Trinajstić information content (AvgIpc) is 2.96. The minimum absolute atomic E-state index is 0.148. The molecule has 0 aliphatic rings.